The highest BCUT2D eigenvalue weighted by Crippen LogP contribution is 2.32. The number of carbonyl (C=O) groups is 1. The normalized spacial score (nSPS) is 10.9. The van der Waals surface area contributed by atoms with Crippen LogP contribution in [-0.4, -0.2) is 25.4 Å². The molecule has 0 saturated heterocycles. The van der Waals surface area contributed by atoms with Crippen LogP contribution in [0.4, 0.5) is 14.5 Å². The van der Waals surface area contributed by atoms with Crippen LogP contribution in [0, 0.1) is 18.6 Å². The number of aryl methyl sites for hydroxylation is 1. The van der Waals surface area contributed by atoms with Crippen molar-refractivity contribution in [1.82, 2.24) is 19.5 Å². The molecule has 11 heteroatoms. The number of aromatic nitrogens is 4. The lowest BCUT2D eigenvalue weighted by Gasteiger charge is -2.12. The molecule has 4 aromatic heterocycles. The van der Waals surface area contributed by atoms with Crippen molar-refractivity contribution in [3.8, 4) is 17.3 Å². The van der Waals surface area contributed by atoms with Gasteiger partial charge in [-0.2, -0.15) is 0 Å². The van der Waals surface area contributed by atoms with E-state index in [-0.39, 0.29) is 28.0 Å². The minimum absolute atomic E-state index is 0.0986. The second-order valence-electron chi connectivity index (χ2n) is 7.90. The summed E-state index contributed by atoms with van der Waals surface area (Å²) in [6.45, 7) is 1.65. The Bertz CT molecular complexity index is 1720. The van der Waals surface area contributed by atoms with Gasteiger partial charge in [0.25, 0.3) is 11.5 Å². The maximum Gasteiger partial charge on any atom is 0.269 e. The number of fused-ring (bicyclic) bond motifs is 1. The minimum Gasteiger partial charge on any atom is -0.454 e. The average molecular weight is 520 g/mol. The number of anilines is 1. The van der Waals surface area contributed by atoms with Gasteiger partial charge in [0.1, 0.15) is 28.1 Å². The van der Waals surface area contributed by atoms with Gasteiger partial charge in [0, 0.05) is 29.0 Å². The number of pyridine rings is 4. The molecule has 0 unspecified atom stereocenters. The average Bonchev–Trinajstić information content (AvgIpc) is 2.87. The molecule has 0 radical (unpaired) electrons. The van der Waals surface area contributed by atoms with Crippen LogP contribution in [0.15, 0.2) is 78.0 Å². The van der Waals surface area contributed by atoms with Crippen LogP contribution >= 0.6 is 11.6 Å². The lowest BCUT2D eigenvalue weighted by molar-refractivity contribution is 0.102. The molecule has 184 valence electrons. The van der Waals surface area contributed by atoms with Crippen LogP contribution < -0.4 is 15.6 Å². The largest absolute Gasteiger partial charge is 0.454 e. The van der Waals surface area contributed by atoms with Gasteiger partial charge in [-0.05, 0) is 55.5 Å². The van der Waals surface area contributed by atoms with Gasteiger partial charge in [-0.15, -0.1) is 0 Å². The minimum atomic E-state index is -0.754. The van der Waals surface area contributed by atoms with E-state index in [4.69, 9.17) is 16.3 Å². The topological polar surface area (TPSA) is 99.0 Å². The van der Waals surface area contributed by atoms with Gasteiger partial charge in [-0.25, -0.2) is 18.7 Å². The first-order chi connectivity index (χ1) is 17.8. The fourth-order valence-corrected chi connectivity index (χ4v) is 3.81. The zero-order chi connectivity index (χ0) is 26.1. The van der Waals surface area contributed by atoms with Crippen LogP contribution in [0.25, 0.3) is 16.7 Å². The van der Waals surface area contributed by atoms with Crippen LogP contribution in [0.5, 0.6) is 11.5 Å². The smallest absolute Gasteiger partial charge is 0.269 e. The van der Waals surface area contributed by atoms with E-state index in [9.17, 15) is 18.4 Å². The van der Waals surface area contributed by atoms with E-state index in [1.165, 1.54) is 41.2 Å². The number of halogens is 3. The summed E-state index contributed by atoms with van der Waals surface area (Å²) < 4.78 is 35.1. The van der Waals surface area contributed by atoms with Crippen molar-refractivity contribution >= 4 is 34.1 Å². The zero-order valence-electron chi connectivity index (χ0n) is 19.1. The Morgan fingerprint density at radius 1 is 0.973 bits per heavy atom. The van der Waals surface area contributed by atoms with E-state index in [0.29, 0.717) is 22.3 Å². The molecule has 1 N–H and O–H groups in total. The van der Waals surface area contributed by atoms with Crippen molar-refractivity contribution in [3.63, 3.8) is 0 Å². The number of carbonyl (C=O) groups excluding carboxylic acids is 1. The Kier molecular flexibility index (Phi) is 6.33. The fourth-order valence-electron chi connectivity index (χ4n) is 3.65. The second-order valence-corrected chi connectivity index (χ2v) is 8.29. The molecule has 0 fully saturated rings. The van der Waals surface area contributed by atoms with E-state index in [2.05, 4.69) is 20.3 Å². The molecule has 0 bridgehead atoms. The molecule has 8 nitrogen and oxygen atoms in total. The van der Waals surface area contributed by atoms with E-state index in [1.54, 1.807) is 25.1 Å². The zero-order valence-corrected chi connectivity index (χ0v) is 19.8. The monoisotopic (exact) mass is 519 g/mol. The summed E-state index contributed by atoms with van der Waals surface area (Å²) in [6, 6.07) is 12.4. The number of hydrogen-bond donors (Lipinski definition) is 1. The molecule has 0 aliphatic carbocycles. The van der Waals surface area contributed by atoms with E-state index >= 15 is 0 Å². The summed E-state index contributed by atoms with van der Waals surface area (Å²) in [7, 11) is 0. The van der Waals surface area contributed by atoms with Crippen molar-refractivity contribution in [1.29, 1.82) is 0 Å². The van der Waals surface area contributed by atoms with Crippen LogP contribution in [0.3, 0.4) is 0 Å². The molecule has 5 rings (SSSR count). The van der Waals surface area contributed by atoms with Crippen molar-refractivity contribution in [2.75, 3.05) is 5.32 Å². The van der Waals surface area contributed by atoms with E-state index < -0.39 is 23.1 Å². The van der Waals surface area contributed by atoms with Gasteiger partial charge < -0.3 is 10.1 Å². The molecule has 1 amide bonds. The highest BCUT2D eigenvalue weighted by molar-refractivity contribution is 6.30. The van der Waals surface area contributed by atoms with Crippen LogP contribution in [-0.2, 0) is 0 Å². The number of ether oxygens (including phenoxy) is 1. The highest BCUT2D eigenvalue weighted by Gasteiger charge is 2.17. The number of amides is 1. The SMILES string of the molecule is Cc1ccc(C(=O)Nc2ccc(Oc3ccnc4cnc(Cl)cc34)c(F)c2)c(=O)n1-c1ccc(F)cn1. The molecule has 0 saturated carbocycles. The standard InChI is InChI=1S/C26H16ClF2N5O3/c1-14-2-5-17(26(36)34(14)24-7-3-15(28)12-32-24)25(35)33-16-4-6-22(19(29)10-16)37-21-8-9-30-20-13-31-23(27)11-18(20)21/h2-13H,1H3,(H,33,35). The van der Waals surface area contributed by atoms with Crippen LogP contribution in [0.1, 0.15) is 16.1 Å². The van der Waals surface area contributed by atoms with Gasteiger partial charge in [-0.3, -0.25) is 19.1 Å². The van der Waals surface area contributed by atoms with E-state index in [1.807, 2.05) is 0 Å². The Labute approximate surface area is 213 Å². The third-order valence-electron chi connectivity index (χ3n) is 5.43. The molecule has 1 aromatic carbocycles. The number of hydrogen-bond acceptors (Lipinski definition) is 6. The first kappa shape index (κ1) is 24.0. The Hall–Kier alpha value is -4.70. The highest BCUT2D eigenvalue weighted by atomic mass is 35.5. The molecule has 37 heavy (non-hydrogen) atoms. The van der Waals surface area contributed by atoms with Crippen molar-refractivity contribution in [2.45, 2.75) is 6.92 Å². The summed E-state index contributed by atoms with van der Waals surface area (Å²) in [6.07, 6.45) is 3.95. The van der Waals surface area contributed by atoms with Crippen LogP contribution in [0.2, 0.25) is 5.15 Å². The number of rotatable bonds is 5. The first-order valence-electron chi connectivity index (χ1n) is 10.8. The molecular weight excluding hydrogens is 504 g/mol. The first-order valence-corrected chi connectivity index (χ1v) is 11.2. The Balaban J connectivity index is 1.40. The maximum atomic E-state index is 14.9. The fraction of sp³-hybridized carbons (Fsp3) is 0.0385. The molecular formula is C26H16ClF2N5O3. The van der Waals surface area contributed by atoms with Crippen molar-refractivity contribution in [3.05, 3.63) is 112 Å². The third kappa shape index (κ3) is 4.87. The second kappa shape index (κ2) is 9.75. The Morgan fingerprint density at radius 3 is 2.57 bits per heavy atom. The lowest BCUT2D eigenvalue weighted by Crippen LogP contribution is -2.29. The van der Waals surface area contributed by atoms with Gasteiger partial charge in [-0.1, -0.05) is 11.6 Å². The number of nitrogens with one attached hydrogen (secondary N) is 1. The number of benzene rings is 1. The molecule has 0 atom stereocenters. The summed E-state index contributed by atoms with van der Waals surface area (Å²) in [5, 5.41) is 3.29. The van der Waals surface area contributed by atoms with E-state index in [0.717, 1.165) is 18.3 Å². The Morgan fingerprint density at radius 2 is 1.81 bits per heavy atom. The molecule has 5 aromatic rings. The predicted molar refractivity (Wildman–Crippen MR) is 134 cm³/mol. The van der Waals surface area contributed by atoms with Gasteiger partial charge in [0.05, 0.1) is 17.9 Å². The van der Waals surface area contributed by atoms with Gasteiger partial charge in [0.2, 0.25) is 0 Å². The maximum absolute atomic E-state index is 14.9. The van der Waals surface area contributed by atoms with Crippen molar-refractivity contribution < 1.29 is 18.3 Å². The summed E-state index contributed by atoms with van der Waals surface area (Å²) in [5.74, 6) is -1.68. The quantitative estimate of drug-likeness (QED) is 0.310. The van der Waals surface area contributed by atoms with Gasteiger partial charge >= 0.3 is 0 Å². The molecule has 0 aliphatic heterocycles. The lowest BCUT2D eigenvalue weighted by atomic mass is 10.2. The molecule has 0 spiro atoms. The molecule has 4 heterocycles. The summed E-state index contributed by atoms with van der Waals surface area (Å²) in [4.78, 5) is 37.9. The predicted octanol–water partition coefficient (Wildman–Crippen LogP) is 5.46. The number of nitrogens with zero attached hydrogens (tertiary/aromatic N) is 4. The third-order valence-corrected chi connectivity index (χ3v) is 5.63. The molecule has 0 aliphatic rings. The van der Waals surface area contributed by atoms with Gasteiger partial charge in [0.15, 0.2) is 11.6 Å². The van der Waals surface area contributed by atoms with Crippen molar-refractivity contribution in [2.24, 2.45) is 0 Å². The summed E-state index contributed by atoms with van der Waals surface area (Å²) >= 11 is 5.96. The summed E-state index contributed by atoms with van der Waals surface area (Å²) in [5.41, 5.74) is 0.258.